The highest BCUT2D eigenvalue weighted by Crippen LogP contribution is 2.36. The van der Waals surface area contributed by atoms with Crippen molar-refractivity contribution in [1.82, 2.24) is 0 Å². The van der Waals surface area contributed by atoms with Crippen LogP contribution in [0.15, 0.2) is 98.1 Å². The molecule has 2 nitrogen and oxygen atoms in total. The van der Waals surface area contributed by atoms with Crippen molar-refractivity contribution in [2.24, 2.45) is 0 Å². The normalized spacial score (nSPS) is 10.8. The molecular weight excluding hydrogens is 356 g/mol. The van der Waals surface area contributed by atoms with Gasteiger partial charge in [0.15, 0.2) is 0 Å². The van der Waals surface area contributed by atoms with E-state index in [1.54, 1.807) is 12.2 Å². The largest absolute Gasteiger partial charge is 0.489 e. The highest BCUT2D eigenvalue weighted by molar-refractivity contribution is 5.91. The van der Waals surface area contributed by atoms with Crippen LogP contribution < -0.4 is 9.47 Å². The van der Waals surface area contributed by atoms with Crippen molar-refractivity contribution in [1.29, 1.82) is 0 Å². The maximum Gasteiger partial charge on any atom is 0.123 e. The standard InChI is InChI=1S/C27H24O2/c1-3-17-28-26-15-13-20-9-5-7-11-22(20)24(26)19-25-23-12-8-6-10-21(23)14-16-27(25)29-18-4-2/h3-16H,1-2,17-19H2. The number of benzene rings is 4. The van der Waals surface area contributed by atoms with Crippen LogP contribution in [0, 0.1) is 0 Å². The molecule has 4 aromatic rings. The third-order valence-electron chi connectivity index (χ3n) is 5.06. The molecule has 4 rings (SSSR count). The molecule has 0 aliphatic heterocycles. The molecule has 0 heterocycles. The van der Waals surface area contributed by atoms with E-state index in [4.69, 9.17) is 9.47 Å². The maximum absolute atomic E-state index is 6.02. The molecule has 0 N–H and O–H groups in total. The summed E-state index contributed by atoms with van der Waals surface area (Å²) in [6.45, 7) is 8.52. The lowest BCUT2D eigenvalue weighted by Gasteiger charge is -2.17. The summed E-state index contributed by atoms with van der Waals surface area (Å²) in [6, 6.07) is 25.2. The van der Waals surface area contributed by atoms with E-state index in [1.165, 1.54) is 21.5 Å². The third kappa shape index (κ3) is 3.88. The van der Waals surface area contributed by atoms with Crippen molar-refractivity contribution in [3.63, 3.8) is 0 Å². The van der Waals surface area contributed by atoms with Gasteiger partial charge in [0.05, 0.1) is 0 Å². The van der Waals surface area contributed by atoms with Crippen LogP contribution in [0.3, 0.4) is 0 Å². The molecule has 0 aliphatic carbocycles. The molecule has 0 atom stereocenters. The van der Waals surface area contributed by atoms with Gasteiger partial charge in [-0.3, -0.25) is 0 Å². The van der Waals surface area contributed by atoms with Gasteiger partial charge in [-0.1, -0.05) is 86.0 Å². The van der Waals surface area contributed by atoms with Crippen molar-refractivity contribution in [2.75, 3.05) is 13.2 Å². The quantitative estimate of drug-likeness (QED) is 0.316. The fourth-order valence-electron chi connectivity index (χ4n) is 3.74. The third-order valence-corrected chi connectivity index (χ3v) is 5.06. The molecule has 29 heavy (non-hydrogen) atoms. The average Bonchev–Trinajstić information content (AvgIpc) is 2.77. The lowest BCUT2D eigenvalue weighted by atomic mass is 9.93. The molecule has 0 aliphatic rings. The van der Waals surface area contributed by atoms with Crippen molar-refractivity contribution in [2.45, 2.75) is 6.42 Å². The van der Waals surface area contributed by atoms with Crippen LogP contribution in [0.25, 0.3) is 21.5 Å². The predicted molar refractivity (Wildman–Crippen MR) is 122 cm³/mol. The zero-order valence-electron chi connectivity index (χ0n) is 16.4. The van der Waals surface area contributed by atoms with Crippen molar-refractivity contribution < 1.29 is 9.47 Å². The van der Waals surface area contributed by atoms with Gasteiger partial charge in [-0.15, -0.1) is 0 Å². The van der Waals surface area contributed by atoms with Crippen LogP contribution in [0.5, 0.6) is 11.5 Å². The number of rotatable bonds is 8. The van der Waals surface area contributed by atoms with E-state index in [-0.39, 0.29) is 0 Å². The number of hydrogen-bond acceptors (Lipinski definition) is 2. The molecule has 2 heteroatoms. The van der Waals surface area contributed by atoms with Gasteiger partial charge < -0.3 is 9.47 Å². The SMILES string of the molecule is C=CCOc1ccc2ccccc2c1Cc1c(OCC=C)ccc2ccccc12. The fourth-order valence-corrected chi connectivity index (χ4v) is 3.74. The van der Waals surface area contributed by atoms with Gasteiger partial charge in [-0.05, 0) is 33.7 Å². The molecule has 0 saturated heterocycles. The Bertz CT molecular complexity index is 1080. The molecule has 0 saturated carbocycles. The van der Waals surface area contributed by atoms with E-state index in [0.717, 1.165) is 22.6 Å². The fraction of sp³-hybridized carbons (Fsp3) is 0.111. The molecule has 0 fully saturated rings. The summed E-state index contributed by atoms with van der Waals surface area (Å²) in [4.78, 5) is 0. The van der Waals surface area contributed by atoms with Crippen LogP contribution in [0.4, 0.5) is 0 Å². The Morgan fingerprint density at radius 1 is 0.586 bits per heavy atom. The second-order valence-corrected chi connectivity index (χ2v) is 6.90. The minimum Gasteiger partial charge on any atom is -0.489 e. The van der Waals surface area contributed by atoms with Gasteiger partial charge in [-0.25, -0.2) is 0 Å². The highest BCUT2D eigenvalue weighted by Gasteiger charge is 2.15. The Hall–Kier alpha value is -3.52. The molecule has 0 aromatic heterocycles. The van der Waals surface area contributed by atoms with Crippen molar-refractivity contribution >= 4 is 21.5 Å². The zero-order chi connectivity index (χ0) is 20.1. The second-order valence-electron chi connectivity index (χ2n) is 6.90. The Kier molecular flexibility index (Phi) is 5.62. The molecule has 0 unspecified atom stereocenters. The number of ether oxygens (including phenoxy) is 2. The first kappa shape index (κ1) is 18.8. The molecule has 144 valence electrons. The van der Waals surface area contributed by atoms with Gasteiger partial charge in [0.2, 0.25) is 0 Å². The summed E-state index contributed by atoms with van der Waals surface area (Å²) in [6.07, 6.45) is 4.26. The van der Waals surface area contributed by atoms with E-state index in [9.17, 15) is 0 Å². The zero-order valence-corrected chi connectivity index (χ0v) is 16.4. The van der Waals surface area contributed by atoms with Gasteiger partial charge in [0.1, 0.15) is 24.7 Å². The molecule has 4 aromatic carbocycles. The highest BCUT2D eigenvalue weighted by atomic mass is 16.5. The Balaban J connectivity index is 1.90. The van der Waals surface area contributed by atoms with Crippen LogP contribution in [0.2, 0.25) is 0 Å². The van der Waals surface area contributed by atoms with Gasteiger partial charge in [0, 0.05) is 17.5 Å². The first-order valence-corrected chi connectivity index (χ1v) is 9.80. The topological polar surface area (TPSA) is 18.5 Å². The van der Waals surface area contributed by atoms with E-state index >= 15 is 0 Å². The predicted octanol–water partition coefficient (Wildman–Crippen LogP) is 6.71. The van der Waals surface area contributed by atoms with Crippen molar-refractivity contribution in [3.8, 4) is 11.5 Å². The van der Waals surface area contributed by atoms with Gasteiger partial charge in [0.25, 0.3) is 0 Å². The molecule has 0 bridgehead atoms. The summed E-state index contributed by atoms with van der Waals surface area (Å²) in [5.74, 6) is 1.76. The van der Waals surface area contributed by atoms with E-state index in [0.29, 0.717) is 19.6 Å². The van der Waals surface area contributed by atoms with Crippen LogP contribution in [-0.2, 0) is 6.42 Å². The van der Waals surface area contributed by atoms with Gasteiger partial charge in [-0.2, -0.15) is 0 Å². The molecular formula is C27H24O2. The van der Waals surface area contributed by atoms with E-state index in [1.807, 2.05) is 0 Å². The second kappa shape index (κ2) is 8.66. The lowest BCUT2D eigenvalue weighted by Crippen LogP contribution is -2.03. The molecule has 0 radical (unpaired) electrons. The number of hydrogen-bond donors (Lipinski definition) is 0. The maximum atomic E-state index is 6.02. The minimum absolute atomic E-state index is 0.473. The smallest absolute Gasteiger partial charge is 0.123 e. The number of fused-ring (bicyclic) bond motifs is 2. The summed E-state index contributed by atoms with van der Waals surface area (Å²) >= 11 is 0. The van der Waals surface area contributed by atoms with Crippen LogP contribution in [-0.4, -0.2) is 13.2 Å². The van der Waals surface area contributed by atoms with Crippen LogP contribution >= 0.6 is 0 Å². The minimum atomic E-state index is 0.473. The summed E-state index contributed by atoms with van der Waals surface area (Å²) in [5, 5.41) is 4.78. The van der Waals surface area contributed by atoms with Crippen LogP contribution in [0.1, 0.15) is 11.1 Å². The van der Waals surface area contributed by atoms with Crippen molar-refractivity contribution in [3.05, 3.63) is 109 Å². The Labute approximate surface area is 171 Å². The lowest BCUT2D eigenvalue weighted by molar-refractivity contribution is 0.356. The average molecular weight is 380 g/mol. The first-order chi connectivity index (χ1) is 14.3. The molecule has 0 amide bonds. The monoisotopic (exact) mass is 380 g/mol. The van der Waals surface area contributed by atoms with Gasteiger partial charge >= 0.3 is 0 Å². The van der Waals surface area contributed by atoms with E-state index < -0.39 is 0 Å². The summed E-state index contributed by atoms with van der Waals surface area (Å²) < 4.78 is 12.0. The van der Waals surface area contributed by atoms with E-state index in [2.05, 4.69) is 86.0 Å². The summed E-state index contributed by atoms with van der Waals surface area (Å²) in [7, 11) is 0. The Morgan fingerprint density at radius 3 is 1.48 bits per heavy atom. The molecule has 0 spiro atoms. The first-order valence-electron chi connectivity index (χ1n) is 9.80. The Morgan fingerprint density at radius 2 is 1.03 bits per heavy atom. The summed E-state index contributed by atoms with van der Waals surface area (Å²) in [5.41, 5.74) is 2.31.